The van der Waals surface area contributed by atoms with Gasteiger partial charge in [0.05, 0.1) is 0 Å². The van der Waals surface area contributed by atoms with E-state index in [1.54, 1.807) is 24.3 Å². The summed E-state index contributed by atoms with van der Waals surface area (Å²) < 4.78 is 5.42. The fraction of sp³-hybridized carbons (Fsp3) is 0.350. The molecule has 1 N–H and O–H groups in total. The lowest BCUT2D eigenvalue weighted by atomic mass is 10.1. The number of benzene rings is 2. The Balaban J connectivity index is 1.74. The summed E-state index contributed by atoms with van der Waals surface area (Å²) in [6.07, 6.45) is 0. The molecule has 2 aromatic carbocycles. The third-order valence-electron chi connectivity index (χ3n) is 4.00. The zero-order chi connectivity index (χ0) is 18.1. The summed E-state index contributed by atoms with van der Waals surface area (Å²) in [5, 5.41) is 3.50. The molecular weight excluding hydrogens is 336 g/mol. The maximum Gasteiger partial charge on any atom is 0.258 e. The Morgan fingerprint density at radius 3 is 2.20 bits per heavy atom. The summed E-state index contributed by atoms with van der Waals surface area (Å²) in [5.41, 5.74) is 2.35. The van der Waals surface area contributed by atoms with Crippen LogP contribution in [0, 0.1) is 0 Å². The van der Waals surface area contributed by atoms with Gasteiger partial charge in [-0.15, -0.1) is 0 Å². The SMILES string of the molecule is CCN(CC)Cc1ccc(CNC(=O)COc2ccc(Cl)cc2)cc1. The number of carbonyl (C=O) groups is 1. The van der Waals surface area contributed by atoms with E-state index in [1.165, 1.54) is 5.56 Å². The van der Waals surface area contributed by atoms with E-state index in [0.717, 1.165) is 25.2 Å². The molecular formula is C20H25ClN2O2. The van der Waals surface area contributed by atoms with Gasteiger partial charge in [0.15, 0.2) is 6.61 Å². The molecule has 2 rings (SSSR count). The first kappa shape index (κ1) is 19.3. The molecule has 0 saturated heterocycles. The highest BCUT2D eigenvalue weighted by molar-refractivity contribution is 6.30. The molecule has 0 aliphatic heterocycles. The van der Waals surface area contributed by atoms with E-state index in [2.05, 4.69) is 48.3 Å². The highest BCUT2D eigenvalue weighted by Gasteiger charge is 2.04. The molecule has 1 amide bonds. The zero-order valence-corrected chi connectivity index (χ0v) is 15.6. The lowest BCUT2D eigenvalue weighted by Gasteiger charge is -2.18. The van der Waals surface area contributed by atoms with Crippen LogP contribution in [0.4, 0.5) is 0 Å². The van der Waals surface area contributed by atoms with Gasteiger partial charge in [0.25, 0.3) is 5.91 Å². The highest BCUT2D eigenvalue weighted by atomic mass is 35.5. The second-order valence-corrected chi connectivity index (χ2v) is 6.23. The summed E-state index contributed by atoms with van der Waals surface area (Å²) in [6.45, 7) is 7.85. The Morgan fingerprint density at radius 1 is 1.00 bits per heavy atom. The fourth-order valence-electron chi connectivity index (χ4n) is 2.40. The van der Waals surface area contributed by atoms with Gasteiger partial charge in [-0.25, -0.2) is 0 Å². The van der Waals surface area contributed by atoms with Crippen molar-refractivity contribution in [2.45, 2.75) is 26.9 Å². The van der Waals surface area contributed by atoms with Gasteiger partial charge in [0.2, 0.25) is 0 Å². The maximum absolute atomic E-state index is 11.9. The highest BCUT2D eigenvalue weighted by Crippen LogP contribution is 2.15. The van der Waals surface area contributed by atoms with E-state index in [4.69, 9.17) is 16.3 Å². The molecule has 0 saturated carbocycles. The first-order chi connectivity index (χ1) is 12.1. The predicted octanol–water partition coefficient (Wildman–Crippen LogP) is 3.88. The van der Waals surface area contributed by atoms with E-state index >= 15 is 0 Å². The van der Waals surface area contributed by atoms with Crippen LogP contribution < -0.4 is 10.1 Å². The van der Waals surface area contributed by atoms with Gasteiger partial charge in [-0.05, 0) is 48.5 Å². The molecule has 0 atom stereocenters. The standard InChI is InChI=1S/C20H25ClN2O2/c1-3-23(4-2)14-17-7-5-16(6-8-17)13-22-20(24)15-25-19-11-9-18(21)10-12-19/h5-12H,3-4,13-15H2,1-2H3,(H,22,24). The molecule has 0 radical (unpaired) electrons. The molecule has 0 aliphatic rings. The van der Waals surface area contributed by atoms with Crippen LogP contribution in [0.5, 0.6) is 5.75 Å². The van der Waals surface area contributed by atoms with Crippen molar-refractivity contribution >= 4 is 17.5 Å². The van der Waals surface area contributed by atoms with E-state index in [-0.39, 0.29) is 12.5 Å². The van der Waals surface area contributed by atoms with Crippen LogP contribution >= 0.6 is 11.6 Å². The molecule has 5 heteroatoms. The second kappa shape index (κ2) is 10.1. The van der Waals surface area contributed by atoms with Crippen molar-refractivity contribution < 1.29 is 9.53 Å². The van der Waals surface area contributed by atoms with Crippen molar-refractivity contribution in [2.24, 2.45) is 0 Å². The molecule has 0 spiro atoms. The van der Waals surface area contributed by atoms with Crippen LogP contribution in [0.2, 0.25) is 5.02 Å². The average molecular weight is 361 g/mol. The smallest absolute Gasteiger partial charge is 0.258 e. The fourth-order valence-corrected chi connectivity index (χ4v) is 2.53. The Bertz CT molecular complexity index is 652. The van der Waals surface area contributed by atoms with E-state index < -0.39 is 0 Å². The lowest BCUT2D eigenvalue weighted by Crippen LogP contribution is -2.28. The van der Waals surface area contributed by atoms with Crippen molar-refractivity contribution in [3.63, 3.8) is 0 Å². The molecule has 0 unspecified atom stereocenters. The van der Waals surface area contributed by atoms with Gasteiger partial charge in [-0.2, -0.15) is 0 Å². The molecule has 4 nitrogen and oxygen atoms in total. The minimum atomic E-state index is -0.151. The molecule has 0 heterocycles. The van der Waals surface area contributed by atoms with Crippen LogP contribution in [0.1, 0.15) is 25.0 Å². The van der Waals surface area contributed by atoms with Crippen molar-refractivity contribution in [3.8, 4) is 5.75 Å². The number of hydrogen-bond acceptors (Lipinski definition) is 3. The third-order valence-corrected chi connectivity index (χ3v) is 4.25. The second-order valence-electron chi connectivity index (χ2n) is 5.80. The average Bonchev–Trinajstić information content (AvgIpc) is 2.65. The predicted molar refractivity (Wildman–Crippen MR) is 102 cm³/mol. The Labute approximate surface area is 154 Å². The topological polar surface area (TPSA) is 41.6 Å². The summed E-state index contributed by atoms with van der Waals surface area (Å²) in [6, 6.07) is 15.3. The lowest BCUT2D eigenvalue weighted by molar-refractivity contribution is -0.123. The normalized spacial score (nSPS) is 10.7. The third kappa shape index (κ3) is 6.77. The van der Waals surface area contributed by atoms with Crippen LogP contribution in [0.3, 0.4) is 0 Å². The van der Waals surface area contributed by atoms with E-state index in [0.29, 0.717) is 17.3 Å². The van der Waals surface area contributed by atoms with Crippen LogP contribution in [-0.4, -0.2) is 30.5 Å². The van der Waals surface area contributed by atoms with Gasteiger partial charge in [-0.1, -0.05) is 49.7 Å². The number of nitrogens with one attached hydrogen (secondary N) is 1. The Kier molecular flexibility index (Phi) is 7.76. The minimum absolute atomic E-state index is 0.0122. The van der Waals surface area contributed by atoms with Crippen molar-refractivity contribution in [1.29, 1.82) is 0 Å². The Morgan fingerprint density at radius 2 is 1.60 bits per heavy atom. The minimum Gasteiger partial charge on any atom is -0.484 e. The van der Waals surface area contributed by atoms with Crippen LogP contribution in [-0.2, 0) is 17.9 Å². The molecule has 25 heavy (non-hydrogen) atoms. The number of nitrogens with zero attached hydrogens (tertiary/aromatic N) is 1. The largest absolute Gasteiger partial charge is 0.484 e. The number of rotatable bonds is 9. The number of halogens is 1. The van der Waals surface area contributed by atoms with E-state index in [9.17, 15) is 4.79 Å². The molecule has 0 fully saturated rings. The summed E-state index contributed by atoms with van der Waals surface area (Å²) in [7, 11) is 0. The number of ether oxygens (including phenoxy) is 1. The molecule has 0 bridgehead atoms. The van der Waals surface area contributed by atoms with Gasteiger partial charge < -0.3 is 10.1 Å². The first-order valence-electron chi connectivity index (χ1n) is 8.56. The van der Waals surface area contributed by atoms with Crippen molar-refractivity contribution in [3.05, 3.63) is 64.7 Å². The van der Waals surface area contributed by atoms with Crippen molar-refractivity contribution in [1.82, 2.24) is 10.2 Å². The quantitative estimate of drug-likeness (QED) is 0.738. The molecule has 134 valence electrons. The van der Waals surface area contributed by atoms with E-state index in [1.807, 2.05) is 0 Å². The van der Waals surface area contributed by atoms with Gasteiger partial charge in [0.1, 0.15) is 5.75 Å². The van der Waals surface area contributed by atoms with Gasteiger partial charge >= 0.3 is 0 Å². The monoisotopic (exact) mass is 360 g/mol. The molecule has 0 aliphatic carbocycles. The number of hydrogen-bond donors (Lipinski definition) is 1. The van der Waals surface area contributed by atoms with Crippen LogP contribution in [0.15, 0.2) is 48.5 Å². The number of amides is 1. The van der Waals surface area contributed by atoms with Crippen molar-refractivity contribution in [2.75, 3.05) is 19.7 Å². The van der Waals surface area contributed by atoms with Crippen LogP contribution in [0.25, 0.3) is 0 Å². The first-order valence-corrected chi connectivity index (χ1v) is 8.93. The molecule has 0 aromatic heterocycles. The zero-order valence-electron chi connectivity index (χ0n) is 14.8. The maximum atomic E-state index is 11.9. The van der Waals surface area contributed by atoms with Gasteiger partial charge in [0, 0.05) is 18.1 Å². The summed E-state index contributed by atoms with van der Waals surface area (Å²) in [4.78, 5) is 14.2. The number of carbonyl (C=O) groups excluding carboxylic acids is 1. The van der Waals surface area contributed by atoms with Gasteiger partial charge in [-0.3, -0.25) is 9.69 Å². The summed E-state index contributed by atoms with van der Waals surface area (Å²) in [5.74, 6) is 0.475. The Hall–Kier alpha value is -2.04. The summed E-state index contributed by atoms with van der Waals surface area (Å²) >= 11 is 5.81. The molecule has 2 aromatic rings.